The van der Waals surface area contributed by atoms with Gasteiger partial charge in [-0.1, -0.05) is 35.5 Å². The highest BCUT2D eigenvalue weighted by Gasteiger charge is 2.20. The fourth-order valence-electron chi connectivity index (χ4n) is 1.93. The van der Waals surface area contributed by atoms with Crippen LogP contribution in [0.15, 0.2) is 40.9 Å². The number of amides is 2. The van der Waals surface area contributed by atoms with Gasteiger partial charge in [-0.15, -0.1) is 0 Å². The van der Waals surface area contributed by atoms with Crippen molar-refractivity contribution in [1.29, 1.82) is 0 Å². The van der Waals surface area contributed by atoms with Crippen LogP contribution in [0.4, 0.5) is 0 Å². The van der Waals surface area contributed by atoms with Gasteiger partial charge in [-0.25, -0.2) is 0 Å². The highest BCUT2D eigenvalue weighted by molar-refractivity contribution is 5.92. The molecule has 1 aromatic carbocycles. The van der Waals surface area contributed by atoms with Gasteiger partial charge in [-0.3, -0.25) is 9.59 Å². The Morgan fingerprint density at radius 1 is 1.29 bits per heavy atom. The number of nitrogens with zero attached hydrogens (tertiary/aromatic N) is 2. The van der Waals surface area contributed by atoms with Crippen LogP contribution in [0.25, 0.3) is 0 Å². The number of primary amides is 1. The summed E-state index contributed by atoms with van der Waals surface area (Å²) >= 11 is 0. The van der Waals surface area contributed by atoms with Crippen LogP contribution >= 0.6 is 0 Å². The maximum atomic E-state index is 12.4. The third-order valence-corrected chi connectivity index (χ3v) is 2.98. The molecule has 0 radical (unpaired) electrons. The van der Waals surface area contributed by atoms with Gasteiger partial charge in [0.25, 0.3) is 5.91 Å². The zero-order chi connectivity index (χ0) is 15.2. The van der Waals surface area contributed by atoms with Crippen molar-refractivity contribution >= 4 is 11.8 Å². The zero-order valence-corrected chi connectivity index (χ0v) is 11.8. The molecule has 6 heteroatoms. The van der Waals surface area contributed by atoms with E-state index in [1.54, 1.807) is 13.0 Å². The van der Waals surface area contributed by atoms with Crippen LogP contribution in [0.3, 0.4) is 0 Å². The number of carbonyl (C=O) groups excluding carboxylic acids is 2. The van der Waals surface area contributed by atoms with E-state index in [0.717, 1.165) is 5.56 Å². The molecular formula is C15H17N3O3. The van der Waals surface area contributed by atoms with E-state index in [1.165, 1.54) is 4.90 Å². The summed E-state index contributed by atoms with van der Waals surface area (Å²) in [5.41, 5.74) is 6.36. The Kier molecular flexibility index (Phi) is 4.71. The molecule has 21 heavy (non-hydrogen) atoms. The Morgan fingerprint density at radius 3 is 2.57 bits per heavy atom. The average molecular weight is 287 g/mol. The van der Waals surface area contributed by atoms with Gasteiger partial charge in [-0.2, -0.15) is 0 Å². The Balaban J connectivity index is 2.14. The predicted octanol–water partition coefficient (Wildman–Crippen LogP) is 1.50. The summed E-state index contributed by atoms with van der Waals surface area (Å²) < 4.78 is 4.92. The third kappa shape index (κ3) is 4.17. The Bertz CT molecular complexity index is 622. The largest absolute Gasteiger partial charge is 0.370 e. The quantitative estimate of drug-likeness (QED) is 0.871. The van der Waals surface area contributed by atoms with Gasteiger partial charge in [0.15, 0.2) is 5.69 Å². The molecule has 0 saturated carbocycles. The molecule has 2 amide bonds. The van der Waals surface area contributed by atoms with E-state index in [9.17, 15) is 9.59 Å². The summed E-state index contributed by atoms with van der Waals surface area (Å²) in [5, 5.41) is 3.72. The van der Waals surface area contributed by atoms with E-state index < -0.39 is 5.91 Å². The normalized spacial score (nSPS) is 10.3. The maximum absolute atomic E-state index is 12.4. The Morgan fingerprint density at radius 2 is 2.00 bits per heavy atom. The summed E-state index contributed by atoms with van der Waals surface area (Å²) in [5.74, 6) is -0.165. The molecule has 0 aliphatic carbocycles. The second-order valence-corrected chi connectivity index (χ2v) is 4.75. The predicted molar refractivity (Wildman–Crippen MR) is 76.2 cm³/mol. The maximum Gasteiger partial charge on any atom is 0.276 e. The lowest BCUT2D eigenvalue weighted by Gasteiger charge is -2.21. The molecule has 0 unspecified atom stereocenters. The smallest absolute Gasteiger partial charge is 0.276 e. The molecule has 0 spiro atoms. The van der Waals surface area contributed by atoms with Gasteiger partial charge in [0, 0.05) is 25.6 Å². The molecule has 0 fully saturated rings. The SMILES string of the molecule is Cc1cc(C(=O)N(CCC(N)=O)Cc2ccccc2)no1. The van der Waals surface area contributed by atoms with E-state index in [-0.39, 0.29) is 24.6 Å². The van der Waals surface area contributed by atoms with Gasteiger partial charge in [0.05, 0.1) is 0 Å². The molecule has 0 bridgehead atoms. The molecule has 0 atom stereocenters. The van der Waals surface area contributed by atoms with Crippen molar-refractivity contribution in [3.8, 4) is 0 Å². The molecule has 0 aliphatic rings. The van der Waals surface area contributed by atoms with E-state index in [4.69, 9.17) is 10.3 Å². The second kappa shape index (κ2) is 6.69. The van der Waals surface area contributed by atoms with Crippen LogP contribution in [-0.2, 0) is 11.3 Å². The molecule has 6 nitrogen and oxygen atoms in total. The lowest BCUT2D eigenvalue weighted by atomic mass is 10.2. The molecule has 2 N–H and O–H groups in total. The summed E-state index contributed by atoms with van der Waals surface area (Å²) in [4.78, 5) is 24.9. The van der Waals surface area contributed by atoms with E-state index in [2.05, 4.69) is 5.16 Å². The summed E-state index contributed by atoms with van der Waals surface area (Å²) in [7, 11) is 0. The highest BCUT2D eigenvalue weighted by Crippen LogP contribution is 2.11. The fraction of sp³-hybridized carbons (Fsp3) is 0.267. The van der Waals surface area contributed by atoms with Crippen molar-refractivity contribution in [1.82, 2.24) is 10.1 Å². The first-order valence-corrected chi connectivity index (χ1v) is 6.61. The van der Waals surface area contributed by atoms with Crippen molar-refractivity contribution in [2.24, 2.45) is 5.73 Å². The minimum atomic E-state index is -0.447. The van der Waals surface area contributed by atoms with Crippen molar-refractivity contribution < 1.29 is 14.1 Å². The van der Waals surface area contributed by atoms with Gasteiger partial charge in [0.1, 0.15) is 5.76 Å². The monoisotopic (exact) mass is 287 g/mol. The fourth-order valence-corrected chi connectivity index (χ4v) is 1.93. The van der Waals surface area contributed by atoms with Crippen LogP contribution in [0.2, 0.25) is 0 Å². The number of nitrogens with two attached hydrogens (primary N) is 1. The van der Waals surface area contributed by atoms with Crippen LogP contribution in [-0.4, -0.2) is 28.4 Å². The van der Waals surface area contributed by atoms with E-state index >= 15 is 0 Å². The second-order valence-electron chi connectivity index (χ2n) is 4.75. The molecular weight excluding hydrogens is 270 g/mol. The number of hydrogen-bond acceptors (Lipinski definition) is 4. The average Bonchev–Trinajstić information content (AvgIpc) is 2.90. The molecule has 1 heterocycles. The number of rotatable bonds is 6. The highest BCUT2D eigenvalue weighted by atomic mass is 16.5. The van der Waals surface area contributed by atoms with Crippen LogP contribution < -0.4 is 5.73 Å². The number of hydrogen-bond donors (Lipinski definition) is 1. The summed E-state index contributed by atoms with van der Waals surface area (Å²) in [6.07, 6.45) is 0.107. The van der Waals surface area contributed by atoms with E-state index in [1.807, 2.05) is 30.3 Å². The van der Waals surface area contributed by atoms with Crippen LogP contribution in [0, 0.1) is 6.92 Å². The van der Waals surface area contributed by atoms with Gasteiger partial charge >= 0.3 is 0 Å². The van der Waals surface area contributed by atoms with Gasteiger partial charge < -0.3 is 15.2 Å². The first-order chi connectivity index (χ1) is 10.1. The molecule has 1 aromatic heterocycles. The lowest BCUT2D eigenvalue weighted by molar-refractivity contribution is -0.118. The number of carbonyl (C=O) groups is 2. The van der Waals surface area contributed by atoms with E-state index in [0.29, 0.717) is 12.3 Å². The number of aromatic nitrogens is 1. The van der Waals surface area contributed by atoms with Crippen LogP contribution in [0.5, 0.6) is 0 Å². The molecule has 110 valence electrons. The summed E-state index contributed by atoms with van der Waals surface area (Å²) in [6.45, 7) is 2.35. The number of benzene rings is 1. The van der Waals surface area contributed by atoms with Crippen LogP contribution in [0.1, 0.15) is 28.2 Å². The minimum absolute atomic E-state index is 0.107. The van der Waals surface area contributed by atoms with Crippen molar-refractivity contribution in [2.45, 2.75) is 19.9 Å². The standard InChI is InChI=1S/C15H17N3O3/c1-11-9-13(17-21-11)15(20)18(8-7-14(16)19)10-12-5-3-2-4-6-12/h2-6,9H,7-8,10H2,1H3,(H2,16,19). The Hall–Kier alpha value is -2.63. The topological polar surface area (TPSA) is 89.4 Å². The molecule has 0 saturated heterocycles. The first kappa shape index (κ1) is 14.8. The zero-order valence-electron chi connectivity index (χ0n) is 11.8. The molecule has 0 aliphatic heterocycles. The summed E-state index contributed by atoms with van der Waals surface area (Å²) in [6, 6.07) is 11.1. The van der Waals surface area contributed by atoms with Gasteiger partial charge in [-0.05, 0) is 12.5 Å². The third-order valence-electron chi connectivity index (χ3n) is 2.98. The van der Waals surface area contributed by atoms with Gasteiger partial charge in [0.2, 0.25) is 5.91 Å². The molecule has 2 rings (SSSR count). The van der Waals surface area contributed by atoms with Crippen molar-refractivity contribution in [3.63, 3.8) is 0 Å². The first-order valence-electron chi connectivity index (χ1n) is 6.61. The molecule has 2 aromatic rings. The number of aryl methyl sites for hydroxylation is 1. The van der Waals surface area contributed by atoms with Crippen molar-refractivity contribution in [3.05, 3.63) is 53.4 Å². The lowest BCUT2D eigenvalue weighted by Crippen LogP contribution is -2.33. The minimum Gasteiger partial charge on any atom is -0.370 e. The van der Waals surface area contributed by atoms with Crippen molar-refractivity contribution in [2.75, 3.05) is 6.54 Å². The Labute approximate surface area is 122 Å².